The number of nitrogens with one attached hydrogen (secondary N) is 1. The molecular weight excluding hydrogens is 238 g/mol. The second-order valence-electron chi connectivity index (χ2n) is 5.71. The lowest BCUT2D eigenvalue weighted by Gasteiger charge is -2.21. The van der Waals surface area contributed by atoms with Crippen molar-refractivity contribution in [2.24, 2.45) is 0 Å². The summed E-state index contributed by atoms with van der Waals surface area (Å²) in [6.07, 6.45) is 0. The molecule has 0 aliphatic heterocycles. The lowest BCUT2D eigenvalue weighted by atomic mass is 10.0. The largest absolute Gasteiger partial charge is 0.492 e. The average Bonchev–Trinajstić information content (AvgIpc) is 2.33. The molecule has 0 saturated heterocycles. The van der Waals surface area contributed by atoms with E-state index in [1.165, 1.54) is 11.1 Å². The molecule has 0 saturated carbocycles. The van der Waals surface area contributed by atoms with Gasteiger partial charge in [0, 0.05) is 6.04 Å². The zero-order valence-corrected chi connectivity index (χ0v) is 12.7. The van der Waals surface area contributed by atoms with Crippen LogP contribution in [-0.2, 0) is 0 Å². The maximum atomic E-state index is 9.34. The van der Waals surface area contributed by atoms with E-state index in [1.54, 1.807) is 0 Å². The number of aliphatic hydroxyl groups excluding tert-OH is 1. The molecule has 1 aromatic carbocycles. The van der Waals surface area contributed by atoms with E-state index in [1.807, 2.05) is 0 Å². The van der Waals surface area contributed by atoms with Crippen molar-refractivity contribution in [1.29, 1.82) is 0 Å². The Labute approximate surface area is 117 Å². The summed E-state index contributed by atoms with van der Waals surface area (Å²) in [6, 6.07) is 6.61. The van der Waals surface area contributed by atoms with E-state index < -0.39 is 0 Å². The number of ether oxygens (including phenoxy) is 1. The summed E-state index contributed by atoms with van der Waals surface area (Å²) in [5.41, 5.74) is 2.41. The maximum absolute atomic E-state index is 9.34. The zero-order valence-electron chi connectivity index (χ0n) is 12.7. The molecule has 0 bridgehead atoms. The highest BCUT2D eigenvalue weighted by Crippen LogP contribution is 2.27. The minimum Gasteiger partial charge on any atom is -0.492 e. The number of aryl methyl sites for hydroxylation is 1. The summed E-state index contributed by atoms with van der Waals surface area (Å²) in [6.45, 7) is 11.1. The van der Waals surface area contributed by atoms with E-state index in [2.05, 4.69) is 58.1 Å². The van der Waals surface area contributed by atoms with Gasteiger partial charge in [-0.1, -0.05) is 39.8 Å². The van der Waals surface area contributed by atoms with Gasteiger partial charge in [0.1, 0.15) is 12.4 Å². The molecule has 3 heteroatoms. The third-order valence-electron chi connectivity index (χ3n) is 3.02. The van der Waals surface area contributed by atoms with Crippen molar-refractivity contribution in [1.82, 2.24) is 5.32 Å². The molecule has 2 N–H and O–H groups in total. The highest BCUT2D eigenvalue weighted by Gasteiger charge is 2.12. The van der Waals surface area contributed by atoms with Gasteiger partial charge in [-0.05, 0) is 30.0 Å². The first-order valence-electron chi connectivity index (χ1n) is 7.04. The van der Waals surface area contributed by atoms with Gasteiger partial charge in [-0.3, -0.25) is 0 Å². The van der Waals surface area contributed by atoms with Gasteiger partial charge in [0.05, 0.1) is 12.6 Å². The number of hydrogen-bond acceptors (Lipinski definition) is 3. The van der Waals surface area contributed by atoms with E-state index in [-0.39, 0.29) is 12.6 Å². The molecule has 0 spiro atoms. The molecular formula is C16H27NO2. The fourth-order valence-corrected chi connectivity index (χ4v) is 2.06. The Kier molecular flexibility index (Phi) is 6.32. The summed E-state index contributed by atoms with van der Waals surface area (Å²) in [5.74, 6) is 1.36. The predicted molar refractivity (Wildman–Crippen MR) is 79.9 cm³/mol. The second kappa shape index (κ2) is 7.51. The molecule has 19 heavy (non-hydrogen) atoms. The fraction of sp³-hybridized carbons (Fsp3) is 0.625. The van der Waals surface area contributed by atoms with Crippen LogP contribution in [0.5, 0.6) is 5.75 Å². The van der Waals surface area contributed by atoms with Crippen LogP contribution in [-0.4, -0.2) is 30.4 Å². The lowest BCUT2D eigenvalue weighted by Crippen LogP contribution is -2.41. The molecule has 0 heterocycles. The van der Waals surface area contributed by atoms with Crippen molar-refractivity contribution in [3.8, 4) is 5.75 Å². The summed E-state index contributed by atoms with van der Waals surface area (Å²) in [5, 5.41) is 12.6. The van der Waals surface area contributed by atoms with Crippen LogP contribution < -0.4 is 10.1 Å². The molecule has 0 radical (unpaired) electrons. The van der Waals surface area contributed by atoms with Gasteiger partial charge in [0.15, 0.2) is 0 Å². The highest BCUT2D eigenvalue weighted by atomic mass is 16.5. The smallest absolute Gasteiger partial charge is 0.123 e. The Morgan fingerprint density at radius 3 is 2.42 bits per heavy atom. The SMILES string of the molecule is Cc1ccc(C(C)C)c(OCC(CO)NC(C)C)c1. The minimum absolute atomic E-state index is 0.0273. The summed E-state index contributed by atoms with van der Waals surface area (Å²) in [4.78, 5) is 0. The van der Waals surface area contributed by atoms with Crippen LogP contribution in [0.15, 0.2) is 18.2 Å². The van der Waals surface area contributed by atoms with Crippen molar-refractivity contribution in [3.05, 3.63) is 29.3 Å². The molecule has 108 valence electrons. The van der Waals surface area contributed by atoms with Crippen LogP contribution in [0.2, 0.25) is 0 Å². The Hall–Kier alpha value is -1.06. The molecule has 0 aliphatic carbocycles. The molecule has 3 nitrogen and oxygen atoms in total. The van der Waals surface area contributed by atoms with Crippen LogP contribution in [0, 0.1) is 6.92 Å². The van der Waals surface area contributed by atoms with Crippen LogP contribution in [0.4, 0.5) is 0 Å². The summed E-state index contributed by atoms with van der Waals surface area (Å²) < 4.78 is 5.91. The van der Waals surface area contributed by atoms with E-state index in [9.17, 15) is 5.11 Å². The Bertz CT molecular complexity index is 388. The maximum Gasteiger partial charge on any atom is 0.123 e. The Balaban J connectivity index is 2.72. The van der Waals surface area contributed by atoms with Gasteiger partial charge in [0.25, 0.3) is 0 Å². The molecule has 0 aliphatic rings. The molecule has 0 amide bonds. The monoisotopic (exact) mass is 265 g/mol. The van der Waals surface area contributed by atoms with Gasteiger partial charge in [0.2, 0.25) is 0 Å². The molecule has 0 fully saturated rings. The highest BCUT2D eigenvalue weighted by molar-refractivity contribution is 5.39. The van der Waals surface area contributed by atoms with E-state index >= 15 is 0 Å². The average molecular weight is 265 g/mol. The Morgan fingerprint density at radius 2 is 1.89 bits per heavy atom. The van der Waals surface area contributed by atoms with Crippen LogP contribution >= 0.6 is 0 Å². The van der Waals surface area contributed by atoms with Gasteiger partial charge >= 0.3 is 0 Å². The first kappa shape index (κ1) is 16.0. The van der Waals surface area contributed by atoms with Gasteiger partial charge in [-0.15, -0.1) is 0 Å². The standard InChI is InChI=1S/C16H27NO2/c1-11(2)15-7-6-13(5)8-16(15)19-10-14(9-18)17-12(3)4/h6-8,11-12,14,17-18H,9-10H2,1-5H3. The quantitative estimate of drug-likeness (QED) is 0.796. The lowest BCUT2D eigenvalue weighted by molar-refractivity contribution is 0.176. The van der Waals surface area contributed by atoms with Crippen molar-refractivity contribution >= 4 is 0 Å². The predicted octanol–water partition coefficient (Wildman–Crippen LogP) is 2.86. The normalized spacial score (nSPS) is 13.1. The number of hydrogen-bond donors (Lipinski definition) is 2. The zero-order chi connectivity index (χ0) is 14.4. The van der Waals surface area contributed by atoms with Crippen LogP contribution in [0.1, 0.15) is 44.7 Å². The van der Waals surface area contributed by atoms with Gasteiger partial charge < -0.3 is 15.2 Å². The van der Waals surface area contributed by atoms with Gasteiger partial charge in [-0.25, -0.2) is 0 Å². The second-order valence-corrected chi connectivity index (χ2v) is 5.71. The van der Waals surface area contributed by atoms with E-state index in [4.69, 9.17) is 4.74 Å². The van der Waals surface area contributed by atoms with Crippen molar-refractivity contribution in [2.75, 3.05) is 13.2 Å². The summed E-state index contributed by atoms with van der Waals surface area (Å²) >= 11 is 0. The molecule has 1 aromatic rings. The van der Waals surface area contributed by atoms with E-state index in [0.717, 1.165) is 5.75 Å². The molecule has 0 aromatic heterocycles. The van der Waals surface area contributed by atoms with Crippen LogP contribution in [0.25, 0.3) is 0 Å². The van der Waals surface area contributed by atoms with Crippen molar-refractivity contribution < 1.29 is 9.84 Å². The minimum atomic E-state index is -0.0273. The van der Waals surface area contributed by atoms with Crippen molar-refractivity contribution in [2.45, 2.75) is 52.6 Å². The fourth-order valence-electron chi connectivity index (χ4n) is 2.06. The number of aliphatic hydroxyl groups is 1. The Morgan fingerprint density at radius 1 is 1.21 bits per heavy atom. The summed E-state index contributed by atoms with van der Waals surface area (Å²) in [7, 11) is 0. The third kappa shape index (κ3) is 5.21. The first-order chi connectivity index (χ1) is 8.93. The van der Waals surface area contributed by atoms with Gasteiger partial charge in [-0.2, -0.15) is 0 Å². The first-order valence-corrected chi connectivity index (χ1v) is 7.04. The van der Waals surface area contributed by atoms with Crippen LogP contribution in [0.3, 0.4) is 0 Å². The topological polar surface area (TPSA) is 41.5 Å². The molecule has 1 atom stereocenters. The van der Waals surface area contributed by atoms with Crippen molar-refractivity contribution in [3.63, 3.8) is 0 Å². The molecule has 1 rings (SSSR count). The molecule has 1 unspecified atom stereocenters. The number of rotatable bonds is 7. The number of benzene rings is 1. The van der Waals surface area contributed by atoms with E-state index in [0.29, 0.717) is 18.6 Å². The third-order valence-corrected chi connectivity index (χ3v) is 3.02.